The van der Waals surface area contributed by atoms with E-state index in [0.29, 0.717) is 17.5 Å². The van der Waals surface area contributed by atoms with Crippen molar-refractivity contribution >= 4 is 39.1 Å². The molecule has 114 valence electrons. The van der Waals surface area contributed by atoms with E-state index in [1.54, 1.807) is 6.20 Å². The first-order valence-electron chi connectivity index (χ1n) is 6.67. The maximum atomic E-state index is 5.35. The zero-order chi connectivity index (χ0) is 15.5. The highest BCUT2D eigenvalue weighted by Crippen LogP contribution is 2.32. The number of benzene rings is 1. The second-order valence-corrected chi connectivity index (χ2v) is 6.08. The van der Waals surface area contributed by atoms with E-state index in [-0.39, 0.29) is 6.79 Å². The molecule has 0 saturated carbocycles. The Morgan fingerprint density at radius 2 is 2.14 bits per heavy atom. The van der Waals surface area contributed by atoms with Crippen molar-refractivity contribution in [2.24, 2.45) is 0 Å². The standard InChI is InChI=1S/C15H14BrN3O2S/c1-9-4-14(17-7-11(9)16)19-15(22)18-6-10-2-3-12-13(5-10)21-8-20-12/h2-5,7H,6,8H2,1H3,(H2,17,18,19,22). The van der Waals surface area contributed by atoms with Crippen molar-refractivity contribution in [2.45, 2.75) is 13.5 Å². The van der Waals surface area contributed by atoms with E-state index in [1.165, 1.54) is 0 Å². The number of aromatic nitrogens is 1. The molecule has 0 fully saturated rings. The molecule has 0 atom stereocenters. The number of thiocarbonyl (C=S) groups is 1. The van der Waals surface area contributed by atoms with Crippen molar-refractivity contribution in [3.63, 3.8) is 0 Å². The molecule has 22 heavy (non-hydrogen) atoms. The molecular formula is C15H14BrN3O2S. The Morgan fingerprint density at radius 1 is 1.32 bits per heavy atom. The Hall–Kier alpha value is -1.86. The van der Waals surface area contributed by atoms with Gasteiger partial charge in [-0.1, -0.05) is 6.07 Å². The van der Waals surface area contributed by atoms with E-state index >= 15 is 0 Å². The lowest BCUT2D eigenvalue weighted by atomic mass is 10.2. The molecule has 0 saturated heterocycles. The van der Waals surface area contributed by atoms with Crippen LogP contribution in [-0.2, 0) is 6.54 Å². The van der Waals surface area contributed by atoms with Crippen molar-refractivity contribution < 1.29 is 9.47 Å². The van der Waals surface area contributed by atoms with Crippen LogP contribution in [0, 0.1) is 6.92 Å². The minimum atomic E-state index is 0.279. The molecule has 2 heterocycles. The lowest BCUT2D eigenvalue weighted by Gasteiger charge is -2.11. The normalized spacial score (nSPS) is 12.1. The number of hydrogen-bond donors (Lipinski definition) is 2. The van der Waals surface area contributed by atoms with Crippen LogP contribution in [0.2, 0.25) is 0 Å². The summed E-state index contributed by atoms with van der Waals surface area (Å²) < 4.78 is 11.6. The maximum absolute atomic E-state index is 5.35. The van der Waals surface area contributed by atoms with Crippen LogP contribution in [0.3, 0.4) is 0 Å². The Labute approximate surface area is 142 Å². The summed E-state index contributed by atoms with van der Waals surface area (Å²) in [6.45, 7) is 2.87. The quantitative estimate of drug-likeness (QED) is 0.797. The van der Waals surface area contributed by atoms with Crippen LogP contribution in [0.25, 0.3) is 0 Å². The van der Waals surface area contributed by atoms with E-state index in [2.05, 4.69) is 31.5 Å². The molecule has 0 aliphatic carbocycles. The van der Waals surface area contributed by atoms with Crippen LogP contribution < -0.4 is 20.1 Å². The van der Waals surface area contributed by atoms with Crippen LogP contribution in [-0.4, -0.2) is 16.9 Å². The Morgan fingerprint density at radius 3 is 2.95 bits per heavy atom. The summed E-state index contributed by atoms with van der Waals surface area (Å²) in [6, 6.07) is 7.75. The van der Waals surface area contributed by atoms with E-state index in [9.17, 15) is 0 Å². The summed E-state index contributed by atoms with van der Waals surface area (Å²) in [6.07, 6.45) is 1.75. The van der Waals surface area contributed by atoms with Gasteiger partial charge in [0.05, 0.1) is 0 Å². The highest BCUT2D eigenvalue weighted by atomic mass is 79.9. The summed E-state index contributed by atoms with van der Waals surface area (Å²) >= 11 is 8.70. The van der Waals surface area contributed by atoms with Gasteiger partial charge in [-0.3, -0.25) is 0 Å². The van der Waals surface area contributed by atoms with Gasteiger partial charge in [0.15, 0.2) is 16.6 Å². The monoisotopic (exact) mass is 379 g/mol. The average molecular weight is 380 g/mol. The Balaban J connectivity index is 1.57. The number of aryl methyl sites for hydroxylation is 1. The predicted molar refractivity (Wildman–Crippen MR) is 92.3 cm³/mol. The summed E-state index contributed by atoms with van der Waals surface area (Å²) in [4.78, 5) is 4.26. The number of halogens is 1. The molecule has 1 aliphatic heterocycles. The highest BCUT2D eigenvalue weighted by molar-refractivity contribution is 9.10. The van der Waals surface area contributed by atoms with Crippen LogP contribution in [0.5, 0.6) is 11.5 Å². The average Bonchev–Trinajstić information content (AvgIpc) is 2.96. The molecule has 2 aromatic rings. The summed E-state index contributed by atoms with van der Waals surface area (Å²) in [5.74, 6) is 2.26. The van der Waals surface area contributed by atoms with Crippen LogP contribution in [0.1, 0.15) is 11.1 Å². The van der Waals surface area contributed by atoms with Gasteiger partial charge in [0.25, 0.3) is 0 Å². The summed E-state index contributed by atoms with van der Waals surface area (Å²) in [5, 5.41) is 6.73. The highest BCUT2D eigenvalue weighted by Gasteiger charge is 2.13. The Bertz CT molecular complexity index is 724. The first-order chi connectivity index (χ1) is 10.6. The number of nitrogens with zero attached hydrogens (tertiary/aromatic N) is 1. The molecule has 3 rings (SSSR count). The molecule has 0 bridgehead atoms. The van der Waals surface area contributed by atoms with Gasteiger partial charge in [-0.25, -0.2) is 4.98 Å². The van der Waals surface area contributed by atoms with Crippen molar-refractivity contribution in [1.82, 2.24) is 10.3 Å². The largest absolute Gasteiger partial charge is 0.454 e. The molecule has 1 aromatic carbocycles. The number of fused-ring (bicyclic) bond motifs is 1. The molecule has 2 N–H and O–H groups in total. The molecular weight excluding hydrogens is 366 g/mol. The Kier molecular flexibility index (Phi) is 4.44. The minimum absolute atomic E-state index is 0.279. The van der Waals surface area contributed by atoms with Crippen molar-refractivity contribution in [3.8, 4) is 11.5 Å². The number of hydrogen-bond acceptors (Lipinski definition) is 4. The van der Waals surface area contributed by atoms with Gasteiger partial charge in [0.1, 0.15) is 5.82 Å². The number of anilines is 1. The number of ether oxygens (including phenoxy) is 2. The molecule has 1 aromatic heterocycles. The molecule has 1 aliphatic rings. The third-order valence-electron chi connectivity index (χ3n) is 3.18. The molecule has 0 amide bonds. The zero-order valence-corrected chi connectivity index (χ0v) is 14.3. The smallest absolute Gasteiger partial charge is 0.231 e. The second-order valence-electron chi connectivity index (χ2n) is 4.81. The van der Waals surface area contributed by atoms with Crippen LogP contribution >= 0.6 is 28.1 Å². The molecule has 0 unspecified atom stereocenters. The molecule has 0 spiro atoms. The minimum Gasteiger partial charge on any atom is -0.454 e. The fourth-order valence-corrected chi connectivity index (χ4v) is 2.40. The fraction of sp³-hybridized carbons (Fsp3) is 0.200. The van der Waals surface area contributed by atoms with Gasteiger partial charge < -0.3 is 20.1 Å². The SMILES string of the molecule is Cc1cc(NC(=S)NCc2ccc3c(c2)OCO3)ncc1Br. The molecule has 7 heteroatoms. The second kappa shape index (κ2) is 6.50. The number of rotatable bonds is 3. The van der Waals surface area contributed by atoms with Gasteiger partial charge in [-0.15, -0.1) is 0 Å². The number of nitrogens with one attached hydrogen (secondary N) is 2. The van der Waals surface area contributed by atoms with Gasteiger partial charge >= 0.3 is 0 Å². The third kappa shape index (κ3) is 3.48. The maximum Gasteiger partial charge on any atom is 0.231 e. The predicted octanol–water partition coefficient (Wildman–Crippen LogP) is 3.37. The van der Waals surface area contributed by atoms with Crippen molar-refractivity contribution in [2.75, 3.05) is 12.1 Å². The first kappa shape index (κ1) is 15.1. The fourth-order valence-electron chi connectivity index (χ4n) is 2.00. The first-order valence-corrected chi connectivity index (χ1v) is 7.87. The van der Waals surface area contributed by atoms with E-state index < -0.39 is 0 Å². The van der Waals surface area contributed by atoms with E-state index in [0.717, 1.165) is 27.1 Å². The van der Waals surface area contributed by atoms with E-state index in [1.807, 2.05) is 31.2 Å². The third-order valence-corrected chi connectivity index (χ3v) is 4.26. The summed E-state index contributed by atoms with van der Waals surface area (Å²) in [5.41, 5.74) is 2.16. The van der Waals surface area contributed by atoms with Gasteiger partial charge in [0, 0.05) is 17.2 Å². The van der Waals surface area contributed by atoms with Crippen molar-refractivity contribution in [1.29, 1.82) is 0 Å². The van der Waals surface area contributed by atoms with Crippen LogP contribution in [0.4, 0.5) is 5.82 Å². The molecule has 5 nitrogen and oxygen atoms in total. The lowest BCUT2D eigenvalue weighted by molar-refractivity contribution is 0.174. The van der Waals surface area contributed by atoms with Gasteiger partial charge in [-0.05, 0) is 64.4 Å². The van der Waals surface area contributed by atoms with Gasteiger partial charge in [-0.2, -0.15) is 0 Å². The van der Waals surface area contributed by atoms with Gasteiger partial charge in [0.2, 0.25) is 6.79 Å². The lowest BCUT2D eigenvalue weighted by Crippen LogP contribution is -2.28. The summed E-state index contributed by atoms with van der Waals surface area (Å²) in [7, 11) is 0. The van der Waals surface area contributed by atoms with E-state index in [4.69, 9.17) is 21.7 Å². The van der Waals surface area contributed by atoms with Crippen molar-refractivity contribution in [3.05, 3.63) is 46.1 Å². The zero-order valence-electron chi connectivity index (χ0n) is 11.9. The number of pyridine rings is 1. The topological polar surface area (TPSA) is 55.4 Å². The van der Waals surface area contributed by atoms with Crippen LogP contribution in [0.15, 0.2) is 34.9 Å². The molecule has 0 radical (unpaired) electrons.